The van der Waals surface area contributed by atoms with Gasteiger partial charge in [0.2, 0.25) is 5.91 Å². The Labute approximate surface area is 176 Å². The van der Waals surface area contributed by atoms with Crippen LogP contribution in [0.3, 0.4) is 0 Å². The first-order chi connectivity index (χ1) is 14.4. The van der Waals surface area contributed by atoms with Crippen LogP contribution < -0.4 is 10.1 Å². The molecule has 0 saturated carbocycles. The molecule has 30 heavy (non-hydrogen) atoms. The van der Waals surface area contributed by atoms with Crippen molar-refractivity contribution >= 4 is 17.5 Å². The second-order valence-corrected chi connectivity index (χ2v) is 7.39. The zero-order valence-electron chi connectivity index (χ0n) is 17.7. The van der Waals surface area contributed by atoms with E-state index in [1.54, 1.807) is 24.0 Å². The third-order valence-corrected chi connectivity index (χ3v) is 5.39. The molecule has 0 aromatic heterocycles. The van der Waals surface area contributed by atoms with E-state index >= 15 is 0 Å². The highest BCUT2D eigenvalue weighted by Crippen LogP contribution is 2.24. The SMILES string of the molecule is CCOc1ccccc1NC(=O)C(C)N1CCN(C(=O)c2ccc(C)c(F)c2)CC1. The fraction of sp³-hybridized carbons (Fsp3) is 0.391. The van der Waals surface area contributed by atoms with E-state index < -0.39 is 0 Å². The fourth-order valence-corrected chi connectivity index (χ4v) is 3.48. The number of piperazine rings is 1. The van der Waals surface area contributed by atoms with E-state index in [4.69, 9.17) is 4.74 Å². The van der Waals surface area contributed by atoms with E-state index in [-0.39, 0.29) is 23.7 Å². The van der Waals surface area contributed by atoms with Crippen LogP contribution in [0.5, 0.6) is 5.75 Å². The van der Waals surface area contributed by atoms with Gasteiger partial charge in [0, 0.05) is 31.7 Å². The molecule has 1 saturated heterocycles. The topological polar surface area (TPSA) is 61.9 Å². The number of nitrogens with zero attached hydrogens (tertiary/aromatic N) is 2. The van der Waals surface area contributed by atoms with Gasteiger partial charge in [-0.15, -0.1) is 0 Å². The van der Waals surface area contributed by atoms with Gasteiger partial charge in [-0.3, -0.25) is 14.5 Å². The first-order valence-electron chi connectivity index (χ1n) is 10.2. The Morgan fingerprint density at radius 3 is 2.50 bits per heavy atom. The molecule has 1 heterocycles. The number of carbonyl (C=O) groups excluding carboxylic acids is 2. The summed E-state index contributed by atoms with van der Waals surface area (Å²) in [7, 11) is 0. The van der Waals surface area contributed by atoms with Gasteiger partial charge >= 0.3 is 0 Å². The van der Waals surface area contributed by atoms with Crippen LogP contribution >= 0.6 is 0 Å². The molecule has 3 rings (SSSR count). The lowest BCUT2D eigenvalue weighted by Gasteiger charge is -2.37. The molecule has 6 nitrogen and oxygen atoms in total. The Balaban J connectivity index is 1.57. The third kappa shape index (κ3) is 4.97. The lowest BCUT2D eigenvalue weighted by atomic mass is 10.1. The smallest absolute Gasteiger partial charge is 0.254 e. The van der Waals surface area contributed by atoms with Crippen molar-refractivity contribution in [2.24, 2.45) is 0 Å². The van der Waals surface area contributed by atoms with Gasteiger partial charge in [-0.05, 0) is 50.6 Å². The van der Waals surface area contributed by atoms with Gasteiger partial charge in [0.1, 0.15) is 11.6 Å². The Hall–Kier alpha value is -2.93. The van der Waals surface area contributed by atoms with Crippen molar-refractivity contribution in [2.45, 2.75) is 26.8 Å². The Kier molecular flexibility index (Phi) is 7.05. The Morgan fingerprint density at radius 1 is 1.13 bits per heavy atom. The minimum absolute atomic E-state index is 0.123. The van der Waals surface area contributed by atoms with E-state index in [0.29, 0.717) is 55.3 Å². The summed E-state index contributed by atoms with van der Waals surface area (Å²) in [5.74, 6) is -0.0442. The number of anilines is 1. The van der Waals surface area contributed by atoms with Gasteiger partial charge in [-0.1, -0.05) is 18.2 Å². The number of aryl methyl sites for hydroxylation is 1. The normalized spacial score (nSPS) is 15.5. The lowest BCUT2D eigenvalue weighted by molar-refractivity contribution is -0.121. The molecular weight excluding hydrogens is 385 g/mol. The van der Waals surface area contributed by atoms with E-state index in [1.165, 1.54) is 6.07 Å². The molecule has 1 N–H and O–H groups in total. The molecule has 1 unspecified atom stereocenters. The molecule has 0 spiro atoms. The van der Waals surface area contributed by atoms with Gasteiger partial charge in [0.05, 0.1) is 18.3 Å². The number of nitrogens with one attached hydrogen (secondary N) is 1. The lowest BCUT2D eigenvalue weighted by Crippen LogP contribution is -2.54. The van der Waals surface area contributed by atoms with Crippen molar-refractivity contribution in [2.75, 3.05) is 38.1 Å². The van der Waals surface area contributed by atoms with Gasteiger partial charge in [0.25, 0.3) is 5.91 Å². The van der Waals surface area contributed by atoms with Gasteiger partial charge in [0.15, 0.2) is 0 Å². The minimum Gasteiger partial charge on any atom is -0.492 e. The standard InChI is InChI=1S/C23H28FN3O3/c1-4-30-21-8-6-5-7-20(21)25-22(28)17(3)26-11-13-27(14-12-26)23(29)18-10-9-16(2)19(24)15-18/h5-10,15,17H,4,11-14H2,1-3H3,(H,25,28). The van der Waals surface area contributed by atoms with E-state index in [9.17, 15) is 14.0 Å². The molecule has 1 aliphatic rings. The summed E-state index contributed by atoms with van der Waals surface area (Å²) >= 11 is 0. The molecule has 0 bridgehead atoms. The monoisotopic (exact) mass is 413 g/mol. The number of hydrogen-bond acceptors (Lipinski definition) is 4. The molecule has 1 atom stereocenters. The second-order valence-electron chi connectivity index (χ2n) is 7.39. The summed E-state index contributed by atoms with van der Waals surface area (Å²) in [5.41, 5.74) is 1.51. The Morgan fingerprint density at radius 2 is 1.83 bits per heavy atom. The number of ether oxygens (including phenoxy) is 1. The second kappa shape index (κ2) is 9.71. The summed E-state index contributed by atoms with van der Waals surface area (Å²) < 4.78 is 19.3. The molecule has 2 aromatic rings. The predicted molar refractivity (Wildman–Crippen MR) is 114 cm³/mol. The predicted octanol–water partition coefficient (Wildman–Crippen LogP) is 3.32. The fourth-order valence-electron chi connectivity index (χ4n) is 3.48. The van der Waals surface area contributed by atoms with Crippen molar-refractivity contribution < 1.29 is 18.7 Å². The van der Waals surface area contributed by atoms with Crippen molar-refractivity contribution in [1.29, 1.82) is 0 Å². The van der Waals surface area contributed by atoms with Crippen LogP contribution in [-0.4, -0.2) is 60.4 Å². The van der Waals surface area contributed by atoms with Gasteiger partial charge in [-0.25, -0.2) is 4.39 Å². The van der Waals surface area contributed by atoms with Crippen molar-refractivity contribution in [3.05, 3.63) is 59.4 Å². The third-order valence-electron chi connectivity index (χ3n) is 5.39. The highest BCUT2D eigenvalue weighted by molar-refractivity contribution is 5.96. The van der Waals surface area contributed by atoms with Crippen molar-refractivity contribution in [3.63, 3.8) is 0 Å². The highest BCUT2D eigenvalue weighted by Gasteiger charge is 2.28. The quantitative estimate of drug-likeness (QED) is 0.789. The van der Waals surface area contributed by atoms with Crippen LogP contribution in [0.1, 0.15) is 29.8 Å². The average molecular weight is 413 g/mol. The first kappa shape index (κ1) is 21.8. The van der Waals surface area contributed by atoms with Crippen LogP contribution in [0.2, 0.25) is 0 Å². The molecule has 1 fully saturated rings. The number of amides is 2. The van der Waals surface area contributed by atoms with Crippen LogP contribution in [0.15, 0.2) is 42.5 Å². The molecule has 2 amide bonds. The zero-order valence-corrected chi connectivity index (χ0v) is 17.7. The summed E-state index contributed by atoms with van der Waals surface area (Å²) in [6.45, 7) is 8.05. The maximum Gasteiger partial charge on any atom is 0.254 e. The van der Waals surface area contributed by atoms with E-state index in [2.05, 4.69) is 5.32 Å². The van der Waals surface area contributed by atoms with Crippen molar-refractivity contribution in [1.82, 2.24) is 9.80 Å². The summed E-state index contributed by atoms with van der Waals surface area (Å²) in [4.78, 5) is 29.1. The molecule has 160 valence electrons. The zero-order chi connectivity index (χ0) is 21.7. The molecule has 0 radical (unpaired) electrons. The van der Waals surface area contributed by atoms with Crippen LogP contribution in [0.4, 0.5) is 10.1 Å². The summed E-state index contributed by atoms with van der Waals surface area (Å²) in [5, 5.41) is 2.94. The first-order valence-corrected chi connectivity index (χ1v) is 10.2. The number of halogens is 1. The molecule has 0 aliphatic carbocycles. The van der Waals surface area contributed by atoms with Gasteiger partial charge in [-0.2, -0.15) is 0 Å². The van der Waals surface area contributed by atoms with Crippen LogP contribution in [0, 0.1) is 12.7 Å². The molecule has 2 aromatic carbocycles. The number of carbonyl (C=O) groups is 2. The molecule has 1 aliphatic heterocycles. The number of rotatable bonds is 6. The number of hydrogen-bond donors (Lipinski definition) is 1. The summed E-state index contributed by atoms with van der Waals surface area (Å²) in [6, 6.07) is 11.5. The summed E-state index contributed by atoms with van der Waals surface area (Å²) in [6.07, 6.45) is 0. The van der Waals surface area contributed by atoms with Crippen molar-refractivity contribution in [3.8, 4) is 5.75 Å². The average Bonchev–Trinajstić information content (AvgIpc) is 2.76. The maximum atomic E-state index is 13.8. The van der Waals surface area contributed by atoms with Crippen LogP contribution in [0.25, 0.3) is 0 Å². The number of benzene rings is 2. The van der Waals surface area contributed by atoms with E-state index in [0.717, 1.165) is 0 Å². The molecule has 7 heteroatoms. The van der Waals surface area contributed by atoms with Gasteiger partial charge < -0.3 is 15.0 Å². The number of para-hydroxylation sites is 2. The molecular formula is C23H28FN3O3. The van der Waals surface area contributed by atoms with Crippen LogP contribution in [-0.2, 0) is 4.79 Å². The highest BCUT2D eigenvalue weighted by atomic mass is 19.1. The Bertz CT molecular complexity index is 910. The minimum atomic E-state index is -0.378. The largest absolute Gasteiger partial charge is 0.492 e. The maximum absolute atomic E-state index is 13.8. The van der Waals surface area contributed by atoms with E-state index in [1.807, 2.05) is 43.0 Å².